The maximum Gasteiger partial charge on any atom is 0.224 e. The molecule has 0 unspecified atom stereocenters. The van der Waals surface area contributed by atoms with Gasteiger partial charge in [0.15, 0.2) is 5.78 Å². The molecule has 152 valence electrons. The molecule has 29 heavy (non-hydrogen) atoms. The lowest BCUT2D eigenvalue weighted by Crippen LogP contribution is -2.35. The van der Waals surface area contributed by atoms with E-state index in [1.54, 1.807) is 15.9 Å². The van der Waals surface area contributed by atoms with Crippen LogP contribution in [0.25, 0.3) is 0 Å². The number of carbonyl (C=O) groups is 3. The van der Waals surface area contributed by atoms with E-state index in [-0.39, 0.29) is 36.9 Å². The summed E-state index contributed by atoms with van der Waals surface area (Å²) in [6, 6.07) is 12.7. The summed E-state index contributed by atoms with van der Waals surface area (Å²) in [7, 11) is 0. The highest BCUT2D eigenvalue weighted by molar-refractivity contribution is 6.31. The number of nitrogens with zero attached hydrogens (tertiary/aromatic N) is 2. The van der Waals surface area contributed by atoms with Gasteiger partial charge in [0.1, 0.15) is 5.82 Å². The molecule has 0 atom stereocenters. The fraction of sp³-hybridized carbons (Fsp3) is 0.318. The summed E-state index contributed by atoms with van der Waals surface area (Å²) in [4.78, 5) is 40.5. The van der Waals surface area contributed by atoms with Crippen molar-refractivity contribution in [3.63, 3.8) is 0 Å². The van der Waals surface area contributed by atoms with Gasteiger partial charge >= 0.3 is 0 Å². The van der Waals surface area contributed by atoms with Crippen molar-refractivity contribution >= 4 is 29.2 Å². The van der Waals surface area contributed by atoms with Crippen LogP contribution >= 0.6 is 11.6 Å². The molecular weight excluding hydrogens is 395 g/mol. The molecule has 1 aliphatic heterocycles. The van der Waals surface area contributed by atoms with Gasteiger partial charge in [0, 0.05) is 56.0 Å². The first kappa shape index (κ1) is 21.0. The van der Waals surface area contributed by atoms with Crippen molar-refractivity contribution in [2.75, 3.05) is 19.6 Å². The number of benzene rings is 2. The average molecular weight is 417 g/mol. The third kappa shape index (κ3) is 5.64. The third-order valence-corrected chi connectivity index (χ3v) is 5.36. The van der Waals surface area contributed by atoms with E-state index in [2.05, 4.69) is 0 Å². The molecule has 1 aliphatic rings. The molecule has 3 rings (SSSR count). The number of hydrogen-bond acceptors (Lipinski definition) is 3. The van der Waals surface area contributed by atoms with Gasteiger partial charge in [0.25, 0.3) is 0 Å². The predicted octanol–water partition coefficient (Wildman–Crippen LogP) is 3.70. The maximum absolute atomic E-state index is 13.0. The zero-order valence-corrected chi connectivity index (χ0v) is 16.7. The van der Waals surface area contributed by atoms with E-state index in [4.69, 9.17) is 11.6 Å². The molecule has 0 aromatic heterocycles. The van der Waals surface area contributed by atoms with Gasteiger partial charge in [-0.15, -0.1) is 0 Å². The quantitative estimate of drug-likeness (QED) is 0.674. The third-order valence-electron chi connectivity index (χ3n) is 4.99. The zero-order valence-electron chi connectivity index (χ0n) is 15.9. The zero-order chi connectivity index (χ0) is 20.8. The smallest absolute Gasteiger partial charge is 0.224 e. The van der Waals surface area contributed by atoms with Crippen LogP contribution in [0.4, 0.5) is 4.39 Å². The molecule has 0 saturated carbocycles. The van der Waals surface area contributed by atoms with Crippen molar-refractivity contribution in [3.05, 3.63) is 70.5 Å². The van der Waals surface area contributed by atoms with Crippen LogP contribution in [-0.4, -0.2) is 47.0 Å². The molecule has 0 bridgehead atoms. The molecule has 0 N–H and O–H groups in total. The summed E-state index contributed by atoms with van der Waals surface area (Å²) >= 11 is 6.19. The molecule has 7 heteroatoms. The van der Waals surface area contributed by atoms with Gasteiger partial charge in [-0.25, -0.2) is 4.39 Å². The van der Waals surface area contributed by atoms with Crippen molar-refractivity contribution in [2.24, 2.45) is 0 Å². The molecule has 1 heterocycles. The molecule has 0 aliphatic carbocycles. The van der Waals surface area contributed by atoms with Gasteiger partial charge in [-0.05, 0) is 35.9 Å². The van der Waals surface area contributed by atoms with E-state index in [0.29, 0.717) is 36.8 Å². The van der Waals surface area contributed by atoms with E-state index < -0.39 is 5.82 Å². The second kappa shape index (κ2) is 9.65. The normalized spacial score (nSPS) is 14.6. The lowest BCUT2D eigenvalue weighted by atomic mass is 10.1. The first-order valence-corrected chi connectivity index (χ1v) is 9.89. The maximum atomic E-state index is 13.0. The standard InChI is InChI=1S/C22H22ClFN2O3/c23-19-4-2-1-3-17(19)15-26-14-13-25(12-11-22(26)29)21(28)10-9-20(27)16-5-7-18(24)8-6-16/h1-8H,9-15H2. The second-order valence-electron chi connectivity index (χ2n) is 6.97. The Hall–Kier alpha value is -2.73. The van der Waals surface area contributed by atoms with Crippen LogP contribution < -0.4 is 0 Å². The number of ketones is 1. The average Bonchev–Trinajstić information content (AvgIpc) is 2.90. The van der Waals surface area contributed by atoms with Gasteiger partial charge in [-0.2, -0.15) is 0 Å². The fourth-order valence-electron chi connectivity index (χ4n) is 3.27. The van der Waals surface area contributed by atoms with E-state index >= 15 is 0 Å². The van der Waals surface area contributed by atoms with Crippen molar-refractivity contribution < 1.29 is 18.8 Å². The van der Waals surface area contributed by atoms with Gasteiger partial charge < -0.3 is 9.80 Å². The van der Waals surface area contributed by atoms with Crippen LogP contribution in [0, 0.1) is 5.82 Å². The summed E-state index contributed by atoms with van der Waals surface area (Å²) in [5.74, 6) is -0.798. The Morgan fingerprint density at radius 2 is 1.69 bits per heavy atom. The molecule has 1 fully saturated rings. The Balaban J connectivity index is 1.53. The van der Waals surface area contributed by atoms with Crippen molar-refractivity contribution in [2.45, 2.75) is 25.8 Å². The highest BCUT2D eigenvalue weighted by Crippen LogP contribution is 2.19. The second-order valence-corrected chi connectivity index (χ2v) is 7.37. The number of carbonyl (C=O) groups excluding carboxylic acids is 3. The van der Waals surface area contributed by atoms with E-state index in [1.807, 2.05) is 18.2 Å². The number of amides is 2. The van der Waals surface area contributed by atoms with Crippen LogP contribution in [0.1, 0.15) is 35.2 Å². The summed E-state index contributed by atoms with van der Waals surface area (Å²) < 4.78 is 13.0. The largest absolute Gasteiger partial charge is 0.340 e. The highest BCUT2D eigenvalue weighted by atomic mass is 35.5. The van der Waals surface area contributed by atoms with Gasteiger partial charge in [-0.1, -0.05) is 29.8 Å². The summed E-state index contributed by atoms with van der Waals surface area (Å²) in [6.07, 6.45) is 0.356. The van der Waals surface area contributed by atoms with E-state index in [1.165, 1.54) is 24.3 Å². The number of halogens is 2. The van der Waals surface area contributed by atoms with E-state index in [0.717, 1.165) is 5.56 Å². The van der Waals surface area contributed by atoms with Crippen LogP contribution in [0.5, 0.6) is 0 Å². The Morgan fingerprint density at radius 3 is 2.41 bits per heavy atom. The van der Waals surface area contributed by atoms with E-state index in [9.17, 15) is 18.8 Å². The Morgan fingerprint density at radius 1 is 0.966 bits per heavy atom. The van der Waals surface area contributed by atoms with Crippen molar-refractivity contribution in [1.82, 2.24) is 9.80 Å². The topological polar surface area (TPSA) is 57.7 Å². The molecule has 5 nitrogen and oxygen atoms in total. The van der Waals surface area contributed by atoms with Crippen LogP contribution in [0.15, 0.2) is 48.5 Å². The number of Topliss-reactive ketones (excluding diaryl/α,β-unsaturated/α-hetero) is 1. The lowest BCUT2D eigenvalue weighted by molar-refractivity contribution is -0.131. The number of hydrogen-bond donors (Lipinski definition) is 0. The summed E-state index contributed by atoms with van der Waals surface area (Å²) in [6.45, 7) is 1.58. The Kier molecular flexibility index (Phi) is 6.99. The molecule has 2 amide bonds. The van der Waals surface area contributed by atoms with Gasteiger partial charge in [-0.3, -0.25) is 14.4 Å². The minimum atomic E-state index is -0.409. The molecule has 2 aromatic rings. The molecule has 0 spiro atoms. The molecule has 1 saturated heterocycles. The minimum absolute atomic E-state index is 0.0254. The Labute approximate surface area is 174 Å². The summed E-state index contributed by atoms with van der Waals surface area (Å²) in [5.41, 5.74) is 1.25. The first-order chi connectivity index (χ1) is 13.9. The molecular formula is C22H22ClFN2O3. The lowest BCUT2D eigenvalue weighted by Gasteiger charge is -2.22. The summed E-state index contributed by atoms with van der Waals surface area (Å²) in [5, 5.41) is 0.608. The van der Waals surface area contributed by atoms with Crippen molar-refractivity contribution in [1.29, 1.82) is 0 Å². The Bertz CT molecular complexity index is 901. The fourth-order valence-corrected chi connectivity index (χ4v) is 3.47. The first-order valence-electron chi connectivity index (χ1n) is 9.52. The van der Waals surface area contributed by atoms with Gasteiger partial charge in [0.05, 0.1) is 0 Å². The van der Waals surface area contributed by atoms with Crippen molar-refractivity contribution in [3.8, 4) is 0 Å². The highest BCUT2D eigenvalue weighted by Gasteiger charge is 2.24. The molecule has 2 aromatic carbocycles. The SMILES string of the molecule is O=C(CCC(=O)N1CCC(=O)N(Cc2ccccc2Cl)CC1)c1ccc(F)cc1. The predicted molar refractivity (Wildman–Crippen MR) is 108 cm³/mol. The van der Waals surface area contributed by atoms with Crippen LogP contribution in [0.3, 0.4) is 0 Å². The number of rotatable bonds is 6. The van der Waals surface area contributed by atoms with Crippen LogP contribution in [-0.2, 0) is 16.1 Å². The van der Waals surface area contributed by atoms with Crippen LogP contribution in [0.2, 0.25) is 5.02 Å². The minimum Gasteiger partial charge on any atom is -0.340 e. The molecule has 0 radical (unpaired) electrons. The van der Waals surface area contributed by atoms with Gasteiger partial charge in [0.2, 0.25) is 11.8 Å². The monoisotopic (exact) mass is 416 g/mol.